The molecule has 0 aliphatic heterocycles. The minimum Gasteiger partial charge on any atom is -0.478 e. The lowest BCUT2D eigenvalue weighted by atomic mass is 10.1. The van der Waals surface area contributed by atoms with Gasteiger partial charge < -0.3 is 16.2 Å². The molecule has 3 aromatic rings. The van der Waals surface area contributed by atoms with Crippen LogP contribution in [0.5, 0.6) is 0 Å². The van der Waals surface area contributed by atoms with E-state index in [0.717, 1.165) is 16.8 Å². The molecule has 104 valence electrons. The van der Waals surface area contributed by atoms with E-state index in [1.807, 2.05) is 36.4 Å². The van der Waals surface area contributed by atoms with Gasteiger partial charge in [-0.05, 0) is 41.1 Å². The molecule has 0 aliphatic rings. The van der Waals surface area contributed by atoms with Gasteiger partial charge in [-0.15, -0.1) is 0 Å². The number of nitrogens with two attached hydrogens (primary N) is 1. The molecule has 0 amide bonds. The van der Waals surface area contributed by atoms with E-state index in [9.17, 15) is 4.79 Å². The van der Waals surface area contributed by atoms with Crippen LogP contribution in [-0.4, -0.2) is 11.1 Å². The number of rotatable bonds is 3. The highest BCUT2D eigenvalue weighted by molar-refractivity contribution is 5.94. The van der Waals surface area contributed by atoms with Gasteiger partial charge in [-0.25, -0.2) is 4.79 Å². The largest absolute Gasteiger partial charge is 0.478 e. The third kappa shape index (κ3) is 2.65. The molecule has 0 unspecified atom stereocenters. The van der Waals surface area contributed by atoms with Gasteiger partial charge in [0.05, 0.1) is 5.56 Å². The molecule has 4 heteroatoms. The van der Waals surface area contributed by atoms with Crippen molar-refractivity contribution in [3.8, 4) is 0 Å². The Kier molecular flexibility index (Phi) is 3.20. The van der Waals surface area contributed by atoms with Crippen LogP contribution in [0.2, 0.25) is 0 Å². The van der Waals surface area contributed by atoms with Gasteiger partial charge in [0.2, 0.25) is 0 Å². The molecule has 0 heterocycles. The summed E-state index contributed by atoms with van der Waals surface area (Å²) in [5, 5.41) is 14.5. The van der Waals surface area contributed by atoms with Crippen LogP contribution in [0, 0.1) is 0 Å². The van der Waals surface area contributed by atoms with Crippen LogP contribution in [0.25, 0.3) is 10.8 Å². The third-order valence-electron chi connectivity index (χ3n) is 3.32. The number of hydrogen-bond donors (Lipinski definition) is 3. The van der Waals surface area contributed by atoms with Gasteiger partial charge in [-0.1, -0.05) is 30.3 Å². The molecule has 0 radical (unpaired) electrons. The molecular weight excluding hydrogens is 264 g/mol. The van der Waals surface area contributed by atoms with Crippen molar-refractivity contribution in [1.82, 2.24) is 0 Å². The maximum atomic E-state index is 10.9. The fraction of sp³-hybridized carbons (Fsp3) is 0. The lowest BCUT2D eigenvalue weighted by molar-refractivity contribution is 0.0698. The van der Waals surface area contributed by atoms with Gasteiger partial charge in [-0.2, -0.15) is 0 Å². The van der Waals surface area contributed by atoms with Crippen molar-refractivity contribution >= 4 is 33.8 Å². The van der Waals surface area contributed by atoms with Gasteiger partial charge in [0, 0.05) is 17.1 Å². The fourth-order valence-electron chi connectivity index (χ4n) is 2.27. The lowest BCUT2D eigenvalue weighted by Crippen LogP contribution is -2.02. The monoisotopic (exact) mass is 278 g/mol. The zero-order valence-electron chi connectivity index (χ0n) is 11.2. The number of nitrogens with one attached hydrogen (secondary N) is 1. The highest BCUT2D eigenvalue weighted by Gasteiger charge is 2.08. The van der Waals surface area contributed by atoms with Crippen LogP contribution in [0.15, 0.2) is 60.7 Å². The van der Waals surface area contributed by atoms with Crippen molar-refractivity contribution in [2.45, 2.75) is 0 Å². The number of hydrogen-bond acceptors (Lipinski definition) is 3. The number of carbonyl (C=O) groups is 1. The Morgan fingerprint density at radius 3 is 2.29 bits per heavy atom. The SMILES string of the molecule is Nc1cc(Nc2ccc3ccccc3c2)ccc1C(=O)O. The Morgan fingerprint density at radius 2 is 1.57 bits per heavy atom. The molecule has 0 atom stereocenters. The van der Waals surface area contributed by atoms with Crippen LogP contribution in [0.3, 0.4) is 0 Å². The molecule has 0 saturated carbocycles. The van der Waals surface area contributed by atoms with E-state index < -0.39 is 5.97 Å². The van der Waals surface area contributed by atoms with Gasteiger partial charge in [0.1, 0.15) is 0 Å². The Balaban J connectivity index is 1.91. The maximum absolute atomic E-state index is 10.9. The first kappa shape index (κ1) is 13.0. The highest BCUT2D eigenvalue weighted by Crippen LogP contribution is 2.24. The molecule has 0 spiro atoms. The van der Waals surface area contributed by atoms with Crippen LogP contribution in [0.4, 0.5) is 17.1 Å². The summed E-state index contributed by atoms with van der Waals surface area (Å²) in [6, 6.07) is 19.0. The van der Waals surface area contributed by atoms with Crippen LogP contribution >= 0.6 is 0 Å². The standard InChI is InChI=1S/C17H14N2O2/c18-16-10-14(7-8-15(16)17(20)21)19-13-6-5-11-3-1-2-4-12(11)9-13/h1-10,19H,18H2,(H,20,21). The average molecular weight is 278 g/mol. The van der Waals surface area contributed by atoms with Crippen LogP contribution < -0.4 is 11.1 Å². The summed E-state index contributed by atoms with van der Waals surface area (Å²) < 4.78 is 0. The van der Waals surface area contributed by atoms with Crippen molar-refractivity contribution in [3.05, 3.63) is 66.2 Å². The second-order valence-corrected chi connectivity index (χ2v) is 4.79. The minimum atomic E-state index is -1.02. The summed E-state index contributed by atoms with van der Waals surface area (Å²) in [7, 11) is 0. The maximum Gasteiger partial charge on any atom is 0.337 e. The molecule has 0 aliphatic carbocycles. The Morgan fingerprint density at radius 1 is 0.905 bits per heavy atom. The second-order valence-electron chi connectivity index (χ2n) is 4.79. The summed E-state index contributed by atoms with van der Waals surface area (Å²) >= 11 is 0. The number of aromatic carboxylic acids is 1. The number of carboxylic acid groups (broad SMARTS) is 1. The van der Waals surface area contributed by atoms with Gasteiger partial charge in [0.25, 0.3) is 0 Å². The van der Waals surface area contributed by atoms with E-state index in [0.29, 0.717) is 0 Å². The first-order chi connectivity index (χ1) is 10.1. The van der Waals surface area contributed by atoms with Crippen molar-refractivity contribution < 1.29 is 9.90 Å². The number of benzene rings is 3. The molecule has 0 fully saturated rings. The predicted molar refractivity (Wildman–Crippen MR) is 85.0 cm³/mol. The molecule has 21 heavy (non-hydrogen) atoms. The molecule has 4 N–H and O–H groups in total. The summed E-state index contributed by atoms with van der Waals surface area (Å²) in [5.74, 6) is -1.02. The molecule has 0 aromatic heterocycles. The molecular formula is C17H14N2O2. The quantitative estimate of drug-likeness (QED) is 0.636. The van der Waals surface area contributed by atoms with E-state index >= 15 is 0 Å². The van der Waals surface area contributed by atoms with Crippen molar-refractivity contribution in [2.75, 3.05) is 11.1 Å². The molecule has 3 rings (SSSR count). The highest BCUT2D eigenvalue weighted by atomic mass is 16.4. The Hall–Kier alpha value is -3.01. The lowest BCUT2D eigenvalue weighted by Gasteiger charge is -2.09. The van der Waals surface area contributed by atoms with E-state index in [1.54, 1.807) is 12.1 Å². The van der Waals surface area contributed by atoms with Crippen molar-refractivity contribution in [3.63, 3.8) is 0 Å². The first-order valence-corrected chi connectivity index (χ1v) is 6.52. The number of anilines is 3. The summed E-state index contributed by atoms with van der Waals surface area (Å²) in [6.07, 6.45) is 0. The predicted octanol–water partition coefficient (Wildman–Crippen LogP) is 3.86. The smallest absolute Gasteiger partial charge is 0.337 e. The fourth-order valence-corrected chi connectivity index (χ4v) is 2.27. The van der Waals surface area contributed by atoms with E-state index in [-0.39, 0.29) is 11.3 Å². The van der Waals surface area contributed by atoms with E-state index in [2.05, 4.69) is 11.4 Å². The normalized spacial score (nSPS) is 10.5. The molecule has 0 bridgehead atoms. The number of carboxylic acids is 1. The van der Waals surface area contributed by atoms with Gasteiger partial charge >= 0.3 is 5.97 Å². The Labute approximate surface area is 121 Å². The zero-order chi connectivity index (χ0) is 14.8. The minimum absolute atomic E-state index is 0.110. The summed E-state index contributed by atoms with van der Waals surface area (Å²) in [4.78, 5) is 10.9. The second kappa shape index (κ2) is 5.17. The summed E-state index contributed by atoms with van der Waals surface area (Å²) in [5.41, 5.74) is 7.78. The average Bonchev–Trinajstić information content (AvgIpc) is 2.47. The molecule has 3 aromatic carbocycles. The topological polar surface area (TPSA) is 75.3 Å². The molecule has 4 nitrogen and oxygen atoms in total. The first-order valence-electron chi connectivity index (χ1n) is 6.52. The number of nitrogen functional groups attached to an aromatic ring is 1. The van der Waals surface area contributed by atoms with Crippen LogP contribution in [-0.2, 0) is 0 Å². The third-order valence-corrected chi connectivity index (χ3v) is 3.32. The number of fused-ring (bicyclic) bond motifs is 1. The van der Waals surface area contributed by atoms with E-state index in [4.69, 9.17) is 10.8 Å². The molecule has 0 saturated heterocycles. The van der Waals surface area contributed by atoms with Crippen molar-refractivity contribution in [2.24, 2.45) is 0 Å². The van der Waals surface area contributed by atoms with Crippen LogP contribution in [0.1, 0.15) is 10.4 Å². The van der Waals surface area contributed by atoms with Gasteiger partial charge in [0.15, 0.2) is 0 Å². The zero-order valence-corrected chi connectivity index (χ0v) is 11.2. The summed E-state index contributed by atoms with van der Waals surface area (Å²) in [6.45, 7) is 0. The Bertz CT molecular complexity index is 828. The van der Waals surface area contributed by atoms with Crippen molar-refractivity contribution in [1.29, 1.82) is 0 Å². The van der Waals surface area contributed by atoms with Gasteiger partial charge in [-0.3, -0.25) is 0 Å². The van der Waals surface area contributed by atoms with E-state index in [1.165, 1.54) is 11.5 Å².